The molecule has 0 bridgehead atoms. The van der Waals surface area contributed by atoms with Gasteiger partial charge in [-0.15, -0.1) is 0 Å². The van der Waals surface area contributed by atoms with Crippen LogP contribution in [0.15, 0.2) is 24.3 Å². The van der Waals surface area contributed by atoms with E-state index in [1.165, 1.54) is 43.2 Å². The van der Waals surface area contributed by atoms with Crippen LogP contribution in [0.4, 0.5) is 0 Å². The van der Waals surface area contributed by atoms with E-state index in [0.29, 0.717) is 11.9 Å². The number of nitrogens with zero attached hydrogens (tertiary/aromatic N) is 1. The fourth-order valence-electron chi connectivity index (χ4n) is 3.72. The Morgan fingerprint density at radius 3 is 2.45 bits per heavy atom. The van der Waals surface area contributed by atoms with Gasteiger partial charge < -0.3 is 4.90 Å². The van der Waals surface area contributed by atoms with Crippen molar-refractivity contribution >= 4 is 5.91 Å². The minimum Gasteiger partial charge on any atom is -0.339 e. The number of hydrogen-bond acceptors (Lipinski definition) is 1. The Morgan fingerprint density at radius 2 is 1.75 bits per heavy atom. The van der Waals surface area contributed by atoms with Crippen molar-refractivity contribution in [3.05, 3.63) is 35.4 Å². The quantitative estimate of drug-likeness (QED) is 0.820. The van der Waals surface area contributed by atoms with Gasteiger partial charge in [-0.25, -0.2) is 0 Å². The number of amides is 1. The van der Waals surface area contributed by atoms with Crippen LogP contribution in [0.5, 0.6) is 0 Å². The standard InChI is InChI=1S/C18H25NO/c1-14-7-9-15(10-8-14)13-16-11-12-19(18(16)20)17-5-3-2-4-6-17/h7-10,16-17H,2-6,11-13H2,1H3/t16-/m0/s1. The van der Waals surface area contributed by atoms with Gasteiger partial charge in [0.05, 0.1) is 0 Å². The lowest BCUT2D eigenvalue weighted by atomic mass is 9.94. The van der Waals surface area contributed by atoms with Crippen molar-refractivity contribution in [2.75, 3.05) is 6.54 Å². The summed E-state index contributed by atoms with van der Waals surface area (Å²) in [7, 11) is 0. The van der Waals surface area contributed by atoms with Crippen molar-refractivity contribution in [1.82, 2.24) is 4.90 Å². The van der Waals surface area contributed by atoms with Crippen LogP contribution in [0, 0.1) is 12.8 Å². The molecule has 1 aliphatic heterocycles. The largest absolute Gasteiger partial charge is 0.339 e. The highest BCUT2D eigenvalue weighted by molar-refractivity contribution is 5.81. The predicted octanol–water partition coefficient (Wildman–Crippen LogP) is 3.72. The average Bonchev–Trinajstić information content (AvgIpc) is 2.84. The number of rotatable bonds is 3. The molecular weight excluding hydrogens is 246 g/mol. The van der Waals surface area contributed by atoms with E-state index in [-0.39, 0.29) is 5.92 Å². The van der Waals surface area contributed by atoms with Gasteiger partial charge in [-0.05, 0) is 38.2 Å². The lowest BCUT2D eigenvalue weighted by Gasteiger charge is -2.31. The van der Waals surface area contributed by atoms with Crippen LogP contribution in [0.1, 0.15) is 49.7 Å². The van der Waals surface area contributed by atoms with Gasteiger partial charge in [0.15, 0.2) is 0 Å². The maximum atomic E-state index is 12.6. The topological polar surface area (TPSA) is 20.3 Å². The van der Waals surface area contributed by atoms with Crippen LogP contribution in [-0.2, 0) is 11.2 Å². The number of aryl methyl sites for hydroxylation is 1. The number of likely N-dealkylation sites (tertiary alicyclic amines) is 1. The Kier molecular flexibility index (Phi) is 4.09. The average molecular weight is 271 g/mol. The van der Waals surface area contributed by atoms with Crippen LogP contribution in [0.25, 0.3) is 0 Å². The Morgan fingerprint density at radius 1 is 1.05 bits per heavy atom. The Bertz CT molecular complexity index is 459. The van der Waals surface area contributed by atoms with Gasteiger partial charge in [0, 0.05) is 18.5 Å². The molecule has 0 aromatic heterocycles. The second-order valence-corrected chi connectivity index (χ2v) is 6.50. The summed E-state index contributed by atoms with van der Waals surface area (Å²) < 4.78 is 0. The molecule has 1 aliphatic carbocycles. The van der Waals surface area contributed by atoms with Crippen LogP contribution < -0.4 is 0 Å². The van der Waals surface area contributed by atoms with Gasteiger partial charge in [-0.3, -0.25) is 4.79 Å². The first-order valence-corrected chi connectivity index (χ1v) is 8.10. The summed E-state index contributed by atoms with van der Waals surface area (Å²) in [6.45, 7) is 3.09. The molecule has 1 saturated heterocycles. The smallest absolute Gasteiger partial charge is 0.226 e. The van der Waals surface area contributed by atoms with Crippen LogP contribution in [0.3, 0.4) is 0 Å². The molecule has 3 rings (SSSR count). The summed E-state index contributed by atoms with van der Waals surface area (Å²) in [5, 5.41) is 0. The van der Waals surface area contributed by atoms with Gasteiger partial charge in [-0.1, -0.05) is 49.1 Å². The summed E-state index contributed by atoms with van der Waals surface area (Å²) in [5.41, 5.74) is 2.59. The van der Waals surface area contributed by atoms with E-state index in [4.69, 9.17) is 0 Å². The monoisotopic (exact) mass is 271 g/mol. The van der Waals surface area contributed by atoms with Gasteiger partial charge in [0.25, 0.3) is 0 Å². The lowest BCUT2D eigenvalue weighted by Crippen LogP contribution is -2.39. The normalized spacial score (nSPS) is 24.4. The second kappa shape index (κ2) is 5.99. The molecule has 0 spiro atoms. The molecule has 0 unspecified atom stereocenters. The van der Waals surface area contributed by atoms with Crippen molar-refractivity contribution in [3.8, 4) is 0 Å². The Labute approximate surface area is 122 Å². The zero-order valence-corrected chi connectivity index (χ0v) is 12.5. The summed E-state index contributed by atoms with van der Waals surface area (Å²) in [5.74, 6) is 0.636. The van der Waals surface area contributed by atoms with Crippen molar-refractivity contribution < 1.29 is 4.79 Å². The maximum absolute atomic E-state index is 12.6. The van der Waals surface area contributed by atoms with E-state index in [1.54, 1.807) is 0 Å². The third-order valence-electron chi connectivity index (χ3n) is 4.97. The molecule has 0 radical (unpaired) electrons. The number of carbonyl (C=O) groups excluding carboxylic acids is 1. The molecule has 108 valence electrons. The second-order valence-electron chi connectivity index (χ2n) is 6.50. The SMILES string of the molecule is Cc1ccc(C[C@@H]2CCN(C3CCCCC3)C2=O)cc1. The van der Waals surface area contributed by atoms with Crippen molar-refractivity contribution in [2.24, 2.45) is 5.92 Å². The minimum absolute atomic E-state index is 0.222. The molecule has 1 amide bonds. The van der Waals surface area contributed by atoms with Crippen molar-refractivity contribution in [2.45, 2.75) is 57.9 Å². The third kappa shape index (κ3) is 2.89. The van der Waals surface area contributed by atoms with E-state index in [1.807, 2.05) is 0 Å². The zero-order chi connectivity index (χ0) is 13.9. The van der Waals surface area contributed by atoms with Gasteiger partial charge in [-0.2, -0.15) is 0 Å². The molecule has 1 aromatic carbocycles. The molecule has 0 N–H and O–H groups in total. The first-order chi connectivity index (χ1) is 9.74. The summed E-state index contributed by atoms with van der Waals surface area (Å²) >= 11 is 0. The number of carbonyl (C=O) groups is 1. The summed E-state index contributed by atoms with van der Waals surface area (Å²) in [6.07, 6.45) is 8.37. The predicted molar refractivity (Wildman–Crippen MR) is 81.6 cm³/mol. The molecule has 1 atom stereocenters. The number of hydrogen-bond donors (Lipinski definition) is 0. The van der Waals surface area contributed by atoms with Gasteiger partial charge in [0.2, 0.25) is 5.91 Å². The molecule has 2 heteroatoms. The molecule has 2 nitrogen and oxygen atoms in total. The fourth-order valence-corrected chi connectivity index (χ4v) is 3.72. The third-order valence-corrected chi connectivity index (χ3v) is 4.97. The number of benzene rings is 1. The summed E-state index contributed by atoms with van der Waals surface area (Å²) in [6, 6.07) is 9.18. The first-order valence-electron chi connectivity index (χ1n) is 8.10. The first kappa shape index (κ1) is 13.7. The highest BCUT2D eigenvalue weighted by Crippen LogP contribution is 2.30. The zero-order valence-electron chi connectivity index (χ0n) is 12.5. The van der Waals surface area contributed by atoms with E-state index in [2.05, 4.69) is 36.1 Å². The van der Waals surface area contributed by atoms with E-state index in [0.717, 1.165) is 19.4 Å². The van der Waals surface area contributed by atoms with Crippen LogP contribution in [0.2, 0.25) is 0 Å². The molecule has 1 saturated carbocycles. The molecule has 1 heterocycles. The Balaban J connectivity index is 1.61. The van der Waals surface area contributed by atoms with Gasteiger partial charge >= 0.3 is 0 Å². The van der Waals surface area contributed by atoms with E-state index < -0.39 is 0 Å². The van der Waals surface area contributed by atoms with Crippen molar-refractivity contribution in [1.29, 1.82) is 0 Å². The van der Waals surface area contributed by atoms with E-state index >= 15 is 0 Å². The van der Waals surface area contributed by atoms with Crippen molar-refractivity contribution in [3.63, 3.8) is 0 Å². The molecule has 2 aliphatic rings. The van der Waals surface area contributed by atoms with Gasteiger partial charge in [0.1, 0.15) is 0 Å². The molecule has 1 aromatic rings. The molecule has 20 heavy (non-hydrogen) atoms. The molecule has 2 fully saturated rings. The summed E-state index contributed by atoms with van der Waals surface area (Å²) in [4.78, 5) is 14.8. The highest BCUT2D eigenvalue weighted by Gasteiger charge is 2.35. The molecular formula is C18H25NO. The maximum Gasteiger partial charge on any atom is 0.226 e. The van der Waals surface area contributed by atoms with E-state index in [9.17, 15) is 4.79 Å². The fraction of sp³-hybridized carbons (Fsp3) is 0.611. The van der Waals surface area contributed by atoms with Crippen LogP contribution >= 0.6 is 0 Å². The highest BCUT2D eigenvalue weighted by atomic mass is 16.2. The Hall–Kier alpha value is -1.31. The minimum atomic E-state index is 0.222. The van der Waals surface area contributed by atoms with Crippen LogP contribution in [-0.4, -0.2) is 23.4 Å². The lowest BCUT2D eigenvalue weighted by molar-refractivity contribution is -0.133.